The SMILES string of the molecule is CC(CN)C(=O)Nc1cnn(-c2ccccc2S(C)(=O)=O)c1.Cl. The van der Waals surface area contributed by atoms with Crippen molar-refractivity contribution in [2.45, 2.75) is 11.8 Å². The molecule has 126 valence electrons. The maximum absolute atomic E-state index is 11.8. The van der Waals surface area contributed by atoms with Crippen molar-refractivity contribution in [2.24, 2.45) is 11.7 Å². The fourth-order valence-electron chi connectivity index (χ4n) is 1.85. The highest BCUT2D eigenvalue weighted by Crippen LogP contribution is 2.20. The van der Waals surface area contributed by atoms with Gasteiger partial charge in [0.05, 0.1) is 28.7 Å². The zero-order valence-corrected chi connectivity index (χ0v) is 14.4. The molecular weight excluding hydrogens is 340 g/mol. The van der Waals surface area contributed by atoms with Crippen LogP contribution in [-0.4, -0.2) is 36.9 Å². The van der Waals surface area contributed by atoms with Crippen LogP contribution in [0.15, 0.2) is 41.6 Å². The minimum atomic E-state index is -3.38. The second kappa shape index (κ2) is 7.58. The lowest BCUT2D eigenvalue weighted by molar-refractivity contribution is -0.119. The Morgan fingerprint density at radius 3 is 2.65 bits per heavy atom. The summed E-state index contributed by atoms with van der Waals surface area (Å²) in [5.74, 6) is -0.523. The van der Waals surface area contributed by atoms with Gasteiger partial charge in [-0.3, -0.25) is 4.79 Å². The number of nitrogens with two attached hydrogens (primary N) is 1. The number of aromatic nitrogens is 2. The monoisotopic (exact) mass is 358 g/mol. The number of amides is 1. The van der Waals surface area contributed by atoms with Gasteiger partial charge in [0.1, 0.15) is 0 Å². The topological polar surface area (TPSA) is 107 Å². The van der Waals surface area contributed by atoms with Crippen molar-refractivity contribution in [1.82, 2.24) is 9.78 Å². The Bertz CT molecular complexity index is 789. The van der Waals surface area contributed by atoms with Crippen LogP contribution in [0.25, 0.3) is 5.69 Å². The summed E-state index contributed by atoms with van der Waals surface area (Å²) in [7, 11) is -3.38. The highest BCUT2D eigenvalue weighted by atomic mass is 35.5. The van der Waals surface area contributed by atoms with Crippen LogP contribution in [0.5, 0.6) is 0 Å². The lowest BCUT2D eigenvalue weighted by Crippen LogP contribution is -2.26. The molecule has 2 rings (SSSR count). The van der Waals surface area contributed by atoms with Crippen LogP contribution in [-0.2, 0) is 14.6 Å². The molecule has 0 saturated heterocycles. The van der Waals surface area contributed by atoms with Crippen LogP contribution < -0.4 is 11.1 Å². The average molecular weight is 359 g/mol. The van der Waals surface area contributed by atoms with E-state index in [-0.39, 0.29) is 35.7 Å². The maximum atomic E-state index is 11.8. The molecule has 0 spiro atoms. The van der Waals surface area contributed by atoms with Gasteiger partial charge in [-0.1, -0.05) is 19.1 Å². The van der Waals surface area contributed by atoms with E-state index in [1.807, 2.05) is 0 Å². The second-order valence-corrected chi connectivity index (χ2v) is 7.02. The van der Waals surface area contributed by atoms with Gasteiger partial charge < -0.3 is 11.1 Å². The van der Waals surface area contributed by atoms with Gasteiger partial charge in [-0.25, -0.2) is 13.1 Å². The van der Waals surface area contributed by atoms with E-state index in [9.17, 15) is 13.2 Å². The summed E-state index contributed by atoms with van der Waals surface area (Å²) in [6.45, 7) is 1.97. The van der Waals surface area contributed by atoms with Crippen LogP contribution in [0, 0.1) is 5.92 Å². The average Bonchev–Trinajstić information content (AvgIpc) is 2.93. The zero-order chi connectivity index (χ0) is 16.3. The first-order valence-electron chi connectivity index (χ1n) is 6.68. The molecule has 1 aromatic carbocycles. The summed E-state index contributed by atoms with van der Waals surface area (Å²) in [5.41, 5.74) is 6.35. The first-order chi connectivity index (χ1) is 10.3. The van der Waals surface area contributed by atoms with Gasteiger partial charge in [-0.2, -0.15) is 5.10 Å². The standard InChI is InChI=1S/C14H18N4O3S.ClH/c1-10(7-15)14(19)17-11-8-16-18(9-11)12-5-3-4-6-13(12)22(2,20)21;/h3-6,8-10H,7,15H2,1-2H3,(H,17,19);1H. The molecule has 1 heterocycles. The van der Waals surface area contributed by atoms with E-state index in [4.69, 9.17) is 5.73 Å². The fourth-order valence-corrected chi connectivity index (χ4v) is 2.72. The molecule has 7 nitrogen and oxygen atoms in total. The molecule has 3 N–H and O–H groups in total. The molecule has 1 atom stereocenters. The number of benzene rings is 1. The number of sulfone groups is 1. The van der Waals surface area contributed by atoms with Crippen LogP contribution in [0.2, 0.25) is 0 Å². The molecule has 0 aliphatic rings. The predicted molar refractivity (Wildman–Crippen MR) is 90.8 cm³/mol. The smallest absolute Gasteiger partial charge is 0.228 e. The summed E-state index contributed by atoms with van der Waals surface area (Å²) in [5, 5.41) is 6.79. The van der Waals surface area contributed by atoms with Crippen LogP contribution in [0.4, 0.5) is 5.69 Å². The normalized spacial score (nSPS) is 12.3. The van der Waals surface area contributed by atoms with Gasteiger partial charge in [0.15, 0.2) is 9.84 Å². The Labute approximate surface area is 141 Å². The van der Waals surface area contributed by atoms with E-state index in [0.717, 1.165) is 6.26 Å². The molecule has 1 amide bonds. The fraction of sp³-hybridized carbons (Fsp3) is 0.286. The van der Waals surface area contributed by atoms with E-state index in [0.29, 0.717) is 11.4 Å². The zero-order valence-electron chi connectivity index (χ0n) is 12.8. The Balaban J connectivity index is 0.00000264. The number of nitrogens with one attached hydrogen (secondary N) is 1. The third-order valence-corrected chi connectivity index (χ3v) is 4.31. The molecular formula is C14H19ClN4O3S. The minimum absolute atomic E-state index is 0. The molecule has 1 unspecified atom stereocenters. The van der Waals surface area contributed by atoms with Gasteiger partial charge in [0.25, 0.3) is 0 Å². The molecule has 0 saturated carbocycles. The van der Waals surface area contributed by atoms with Crippen LogP contribution >= 0.6 is 12.4 Å². The Morgan fingerprint density at radius 1 is 1.39 bits per heavy atom. The van der Waals surface area contributed by atoms with Gasteiger partial charge in [0.2, 0.25) is 5.91 Å². The van der Waals surface area contributed by atoms with Gasteiger partial charge in [0, 0.05) is 18.7 Å². The van der Waals surface area contributed by atoms with Crippen molar-refractivity contribution in [3.05, 3.63) is 36.7 Å². The molecule has 23 heavy (non-hydrogen) atoms. The van der Waals surface area contributed by atoms with Crippen molar-refractivity contribution in [3.63, 3.8) is 0 Å². The summed E-state index contributed by atoms with van der Waals surface area (Å²) >= 11 is 0. The minimum Gasteiger partial charge on any atom is -0.330 e. The number of anilines is 1. The summed E-state index contributed by atoms with van der Waals surface area (Å²) in [6.07, 6.45) is 4.16. The van der Waals surface area contributed by atoms with Gasteiger partial charge >= 0.3 is 0 Å². The van der Waals surface area contributed by atoms with E-state index < -0.39 is 9.84 Å². The number of carbonyl (C=O) groups excluding carboxylic acids is 1. The van der Waals surface area contributed by atoms with E-state index in [1.54, 1.807) is 31.3 Å². The second-order valence-electron chi connectivity index (χ2n) is 5.04. The molecule has 0 aliphatic heterocycles. The van der Waals surface area contributed by atoms with Gasteiger partial charge in [-0.15, -0.1) is 12.4 Å². The summed E-state index contributed by atoms with van der Waals surface area (Å²) < 4.78 is 25.0. The highest BCUT2D eigenvalue weighted by molar-refractivity contribution is 7.90. The van der Waals surface area contributed by atoms with Gasteiger partial charge in [-0.05, 0) is 12.1 Å². The highest BCUT2D eigenvalue weighted by Gasteiger charge is 2.16. The number of hydrogen-bond donors (Lipinski definition) is 2. The first kappa shape index (κ1) is 19.1. The predicted octanol–water partition coefficient (Wildman–Crippen LogP) is 1.23. The van der Waals surface area contributed by atoms with E-state index >= 15 is 0 Å². The van der Waals surface area contributed by atoms with Crippen molar-refractivity contribution < 1.29 is 13.2 Å². The van der Waals surface area contributed by atoms with Crippen molar-refractivity contribution in [2.75, 3.05) is 18.1 Å². The number of carbonyl (C=O) groups is 1. The molecule has 0 fully saturated rings. The van der Waals surface area contributed by atoms with E-state index in [1.165, 1.54) is 16.9 Å². The number of rotatable bonds is 5. The number of nitrogens with zero attached hydrogens (tertiary/aromatic N) is 2. The third-order valence-electron chi connectivity index (χ3n) is 3.16. The molecule has 2 aromatic rings. The van der Waals surface area contributed by atoms with Crippen LogP contribution in [0.3, 0.4) is 0 Å². The van der Waals surface area contributed by atoms with Crippen molar-refractivity contribution in [3.8, 4) is 5.69 Å². The molecule has 0 radical (unpaired) electrons. The lowest BCUT2D eigenvalue weighted by atomic mass is 10.2. The number of para-hydroxylation sites is 1. The number of halogens is 1. The molecule has 9 heteroatoms. The van der Waals surface area contributed by atoms with Crippen LogP contribution in [0.1, 0.15) is 6.92 Å². The molecule has 1 aromatic heterocycles. The Hall–Kier alpha value is -1.90. The van der Waals surface area contributed by atoms with Crippen molar-refractivity contribution >= 4 is 33.8 Å². The first-order valence-corrected chi connectivity index (χ1v) is 8.57. The van der Waals surface area contributed by atoms with E-state index in [2.05, 4.69) is 10.4 Å². The largest absolute Gasteiger partial charge is 0.330 e. The molecule has 0 bridgehead atoms. The Morgan fingerprint density at radius 2 is 2.04 bits per heavy atom. The maximum Gasteiger partial charge on any atom is 0.228 e. The summed E-state index contributed by atoms with van der Waals surface area (Å²) in [6, 6.07) is 6.54. The molecule has 0 aliphatic carbocycles. The quantitative estimate of drug-likeness (QED) is 0.835. The third kappa shape index (κ3) is 4.54. The number of hydrogen-bond acceptors (Lipinski definition) is 5. The lowest BCUT2D eigenvalue weighted by Gasteiger charge is -2.08. The summed E-state index contributed by atoms with van der Waals surface area (Å²) in [4.78, 5) is 12.0. The Kier molecular flexibility index (Phi) is 6.31. The van der Waals surface area contributed by atoms with Crippen molar-refractivity contribution in [1.29, 1.82) is 0 Å².